The number of hydrogen-bond donors (Lipinski definition) is 0. The molecule has 0 spiro atoms. The lowest BCUT2D eigenvalue weighted by molar-refractivity contribution is 0.951. The molecule has 3 aromatic carbocycles. The van der Waals surface area contributed by atoms with Gasteiger partial charge < -0.3 is 0 Å². The SMILES string of the molecule is c1ccc(-c2cc(C3c4ccccc4-c4ncccc43)c(-c3ccccc3)nn2)cc1. The third-order valence-electron chi connectivity index (χ3n) is 5.93. The van der Waals surface area contributed by atoms with E-state index in [1.807, 2.05) is 48.7 Å². The Kier molecular flexibility index (Phi) is 4.17. The van der Waals surface area contributed by atoms with Crippen molar-refractivity contribution in [3.8, 4) is 33.8 Å². The molecule has 0 bridgehead atoms. The molecule has 0 amide bonds. The number of hydrogen-bond acceptors (Lipinski definition) is 3. The second-order valence-corrected chi connectivity index (χ2v) is 7.73. The minimum atomic E-state index is 0.0630. The number of nitrogens with zero attached hydrogens (tertiary/aromatic N) is 3. The summed E-state index contributed by atoms with van der Waals surface area (Å²) in [7, 11) is 0. The first-order valence-corrected chi connectivity index (χ1v) is 10.4. The van der Waals surface area contributed by atoms with Crippen LogP contribution in [0.4, 0.5) is 0 Å². The van der Waals surface area contributed by atoms with E-state index in [0.29, 0.717) is 0 Å². The highest BCUT2D eigenvalue weighted by Gasteiger charge is 2.33. The van der Waals surface area contributed by atoms with E-state index in [0.717, 1.165) is 33.8 Å². The molecule has 5 aromatic rings. The van der Waals surface area contributed by atoms with E-state index < -0.39 is 0 Å². The van der Waals surface area contributed by atoms with E-state index in [1.54, 1.807) is 0 Å². The van der Waals surface area contributed by atoms with Gasteiger partial charge in [0.05, 0.1) is 17.1 Å². The summed E-state index contributed by atoms with van der Waals surface area (Å²) in [6.45, 7) is 0. The van der Waals surface area contributed by atoms with Crippen LogP contribution in [-0.2, 0) is 0 Å². The lowest BCUT2D eigenvalue weighted by Gasteiger charge is -2.18. The summed E-state index contributed by atoms with van der Waals surface area (Å²) in [4.78, 5) is 4.72. The summed E-state index contributed by atoms with van der Waals surface area (Å²) in [5.41, 5.74) is 9.81. The molecule has 0 aliphatic heterocycles. The van der Waals surface area contributed by atoms with E-state index in [4.69, 9.17) is 10.1 Å². The van der Waals surface area contributed by atoms with Crippen molar-refractivity contribution < 1.29 is 0 Å². The van der Waals surface area contributed by atoms with Crippen LogP contribution in [0.2, 0.25) is 0 Å². The molecule has 0 N–H and O–H groups in total. The fraction of sp³-hybridized carbons (Fsp3) is 0.0357. The van der Waals surface area contributed by atoms with Gasteiger partial charge in [0.25, 0.3) is 0 Å². The summed E-state index contributed by atoms with van der Waals surface area (Å²) in [5.74, 6) is 0.0630. The molecular weight excluding hydrogens is 378 g/mol. The first-order valence-electron chi connectivity index (χ1n) is 10.4. The quantitative estimate of drug-likeness (QED) is 0.348. The molecule has 1 unspecified atom stereocenters. The van der Waals surface area contributed by atoms with Crippen molar-refractivity contribution in [2.45, 2.75) is 5.92 Å². The molecule has 0 saturated heterocycles. The highest BCUT2D eigenvalue weighted by atomic mass is 15.1. The van der Waals surface area contributed by atoms with E-state index >= 15 is 0 Å². The maximum Gasteiger partial charge on any atom is 0.0971 e. The minimum Gasteiger partial charge on any atom is -0.256 e. The molecule has 31 heavy (non-hydrogen) atoms. The van der Waals surface area contributed by atoms with Crippen LogP contribution in [0.1, 0.15) is 22.6 Å². The predicted octanol–water partition coefficient (Wildman–Crippen LogP) is 6.37. The summed E-state index contributed by atoms with van der Waals surface area (Å²) < 4.78 is 0. The smallest absolute Gasteiger partial charge is 0.0971 e. The van der Waals surface area contributed by atoms with E-state index in [2.05, 4.69) is 65.8 Å². The predicted molar refractivity (Wildman–Crippen MR) is 124 cm³/mol. The van der Waals surface area contributed by atoms with Crippen LogP contribution in [-0.4, -0.2) is 15.2 Å². The molecule has 3 nitrogen and oxygen atoms in total. The van der Waals surface area contributed by atoms with Crippen molar-refractivity contribution >= 4 is 0 Å². The number of rotatable bonds is 3. The average molecular weight is 397 g/mol. The van der Waals surface area contributed by atoms with Crippen molar-refractivity contribution in [1.82, 2.24) is 15.2 Å². The standard InChI is InChI=1S/C28H19N3/c1-3-10-19(11-4-1)25-18-24(27(31-30-25)20-12-5-2-6-13-20)26-21-14-7-8-15-22(21)28-23(26)16-9-17-29-28/h1-18,26H. The van der Waals surface area contributed by atoms with Gasteiger partial charge >= 0.3 is 0 Å². The van der Waals surface area contributed by atoms with Gasteiger partial charge in [-0.2, -0.15) is 0 Å². The van der Waals surface area contributed by atoms with E-state index in [-0.39, 0.29) is 5.92 Å². The van der Waals surface area contributed by atoms with Crippen LogP contribution in [0.15, 0.2) is 109 Å². The molecule has 146 valence electrons. The topological polar surface area (TPSA) is 38.7 Å². The zero-order valence-corrected chi connectivity index (χ0v) is 16.8. The second kappa shape index (κ2) is 7.29. The van der Waals surface area contributed by atoms with Gasteiger partial charge in [-0.3, -0.25) is 4.98 Å². The zero-order valence-electron chi connectivity index (χ0n) is 16.8. The number of fused-ring (bicyclic) bond motifs is 3. The fourth-order valence-electron chi connectivity index (χ4n) is 4.54. The molecule has 1 aliphatic carbocycles. The number of benzene rings is 3. The summed E-state index contributed by atoms with van der Waals surface area (Å²) in [6, 6.07) is 35.5. The Morgan fingerprint density at radius 3 is 2.00 bits per heavy atom. The number of pyridine rings is 1. The van der Waals surface area contributed by atoms with Gasteiger partial charge in [-0.15, -0.1) is 10.2 Å². The Labute approximate surface area is 181 Å². The maximum absolute atomic E-state index is 4.75. The van der Waals surface area contributed by atoms with Crippen molar-refractivity contribution in [3.05, 3.63) is 126 Å². The van der Waals surface area contributed by atoms with Crippen LogP contribution in [0.3, 0.4) is 0 Å². The Morgan fingerprint density at radius 2 is 1.19 bits per heavy atom. The Morgan fingerprint density at radius 1 is 0.516 bits per heavy atom. The molecule has 3 heteroatoms. The van der Waals surface area contributed by atoms with Gasteiger partial charge in [0.15, 0.2) is 0 Å². The monoisotopic (exact) mass is 397 g/mol. The van der Waals surface area contributed by atoms with Gasteiger partial charge in [-0.25, -0.2) is 0 Å². The molecule has 1 aliphatic rings. The van der Waals surface area contributed by atoms with Gasteiger partial charge in [0.1, 0.15) is 0 Å². The van der Waals surface area contributed by atoms with E-state index in [1.165, 1.54) is 16.7 Å². The Hall–Kier alpha value is -4.11. The van der Waals surface area contributed by atoms with Crippen LogP contribution in [0.5, 0.6) is 0 Å². The van der Waals surface area contributed by atoms with Crippen LogP contribution in [0, 0.1) is 0 Å². The average Bonchev–Trinajstić information content (AvgIpc) is 3.19. The summed E-state index contributed by atoms with van der Waals surface area (Å²) >= 11 is 0. The normalized spacial score (nSPS) is 14.1. The second-order valence-electron chi connectivity index (χ2n) is 7.73. The van der Waals surface area contributed by atoms with Crippen molar-refractivity contribution in [3.63, 3.8) is 0 Å². The van der Waals surface area contributed by atoms with Crippen LogP contribution >= 0.6 is 0 Å². The third-order valence-corrected chi connectivity index (χ3v) is 5.93. The lowest BCUT2D eigenvalue weighted by Crippen LogP contribution is -2.06. The summed E-state index contributed by atoms with van der Waals surface area (Å²) in [5, 5.41) is 9.35. The van der Waals surface area contributed by atoms with Gasteiger partial charge in [-0.1, -0.05) is 91.0 Å². The largest absolute Gasteiger partial charge is 0.256 e. The molecule has 0 saturated carbocycles. The van der Waals surface area contributed by atoms with E-state index in [9.17, 15) is 0 Å². The van der Waals surface area contributed by atoms with Gasteiger partial charge in [0, 0.05) is 28.8 Å². The third kappa shape index (κ3) is 2.94. The minimum absolute atomic E-state index is 0.0630. The van der Waals surface area contributed by atoms with Crippen molar-refractivity contribution in [1.29, 1.82) is 0 Å². The first kappa shape index (κ1) is 17.7. The van der Waals surface area contributed by atoms with Gasteiger partial charge in [-0.05, 0) is 28.8 Å². The zero-order chi connectivity index (χ0) is 20.6. The van der Waals surface area contributed by atoms with Gasteiger partial charge in [0.2, 0.25) is 0 Å². The van der Waals surface area contributed by atoms with Crippen LogP contribution < -0.4 is 0 Å². The highest BCUT2D eigenvalue weighted by Crippen LogP contribution is 2.48. The molecule has 2 aromatic heterocycles. The Balaban J connectivity index is 1.64. The lowest BCUT2D eigenvalue weighted by atomic mass is 9.86. The highest BCUT2D eigenvalue weighted by molar-refractivity contribution is 5.80. The molecule has 2 heterocycles. The number of aromatic nitrogens is 3. The fourth-order valence-corrected chi connectivity index (χ4v) is 4.54. The first-order chi connectivity index (χ1) is 15.4. The molecule has 0 radical (unpaired) electrons. The molecule has 6 rings (SSSR count). The summed E-state index contributed by atoms with van der Waals surface area (Å²) in [6.07, 6.45) is 1.87. The molecule has 1 atom stereocenters. The van der Waals surface area contributed by atoms with Crippen LogP contribution in [0.25, 0.3) is 33.8 Å². The van der Waals surface area contributed by atoms with Crippen molar-refractivity contribution in [2.24, 2.45) is 0 Å². The maximum atomic E-state index is 4.75. The molecule has 0 fully saturated rings. The van der Waals surface area contributed by atoms with Crippen molar-refractivity contribution in [2.75, 3.05) is 0 Å². The Bertz CT molecular complexity index is 1330. The molecular formula is C28H19N3.